The van der Waals surface area contributed by atoms with Crippen LogP contribution in [0.15, 0.2) is 24.3 Å². The summed E-state index contributed by atoms with van der Waals surface area (Å²) in [6, 6.07) is 7.68. The van der Waals surface area contributed by atoms with E-state index in [4.69, 9.17) is 5.11 Å². The van der Waals surface area contributed by atoms with Gasteiger partial charge in [-0.05, 0) is 31.7 Å². The zero-order chi connectivity index (χ0) is 10.4. The summed E-state index contributed by atoms with van der Waals surface area (Å²) in [5.74, 6) is 0.104. The van der Waals surface area contributed by atoms with Gasteiger partial charge in [-0.2, -0.15) is 0 Å². The highest BCUT2D eigenvalue weighted by Crippen LogP contribution is 2.08. The lowest BCUT2D eigenvalue weighted by molar-refractivity contribution is 0.101. The van der Waals surface area contributed by atoms with Crippen molar-refractivity contribution in [1.29, 1.82) is 0 Å². The van der Waals surface area contributed by atoms with Crippen molar-refractivity contribution < 1.29 is 9.90 Å². The van der Waals surface area contributed by atoms with Crippen LogP contribution in [-0.4, -0.2) is 17.5 Å². The molecule has 0 saturated carbocycles. The fourth-order valence-corrected chi connectivity index (χ4v) is 1.35. The van der Waals surface area contributed by atoms with Gasteiger partial charge in [0.1, 0.15) is 0 Å². The van der Waals surface area contributed by atoms with Crippen LogP contribution >= 0.6 is 0 Å². The molecule has 0 saturated heterocycles. The molecule has 0 fully saturated rings. The van der Waals surface area contributed by atoms with Crippen molar-refractivity contribution in [1.82, 2.24) is 0 Å². The number of aliphatic hydroxyl groups excluding tert-OH is 1. The standard InChI is InChI=1S/C12H16O2/c1-10(14)12-7-5-11(6-8-12)4-2-3-9-13/h5-8,13H,2-4,9H2,1H3. The predicted molar refractivity (Wildman–Crippen MR) is 56.5 cm³/mol. The Morgan fingerprint density at radius 2 is 1.86 bits per heavy atom. The fraction of sp³-hybridized carbons (Fsp3) is 0.417. The van der Waals surface area contributed by atoms with E-state index in [1.54, 1.807) is 6.92 Å². The molecule has 0 aliphatic heterocycles. The molecule has 14 heavy (non-hydrogen) atoms. The number of carbonyl (C=O) groups is 1. The monoisotopic (exact) mass is 192 g/mol. The molecule has 0 atom stereocenters. The highest BCUT2D eigenvalue weighted by molar-refractivity contribution is 5.93. The van der Waals surface area contributed by atoms with Gasteiger partial charge in [0.05, 0.1) is 0 Å². The molecule has 0 amide bonds. The molecule has 1 aromatic rings. The molecule has 1 rings (SSSR count). The molecule has 1 N–H and O–H groups in total. The van der Waals surface area contributed by atoms with E-state index in [0.29, 0.717) is 0 Å². The SMILES string of the molecule is CC(=O)c1ccc(CCCCO)cc1. The number of rotatable bonds is 5. The van der Waals surface area contributed by atoms with Crippen LogP contribution in [0.4, 0.5) is 0 Å². The Hall–Kier alpha value is -1.15. The van der Waals surface area contributed by atoms with Gasteiger partial charge in [0.15, 0.2) is 5.78 Å². The highest BCUT2D eigenvalue weighted by atomic mass is 16.2. The van der Waals surface area contributed by atoms with Crippen molar-refractivity contribution in [2.24, 2.45) is 0 Å². The smallest absolute Gasteiger partial charge is 0.159 e. The Bertz CT molecular complexity index is 288. The summed E-state index contributed by atoms with van der Waals surface area (Å²) in [6.07, 6.45) is 2.81. The summed E-state index contributed by atoms with van der Waals surface area (Å²) in [6.45, 7) is 1.83. The second kappa shape index (κ2) is 5.55. The van der Waals surface area contributed by atoms with Gasteiger partial charge in [0, 0.05) is 12.2 Å². The molecule has 2 heteroatoms. The van der Waals surface area contributed by atoms with Crippen LogP contribution < -0.4 is 0 Å². The van der Waals surface area contributed by atoms with E-state index >= 15 is 0 Å². The van der Waals surface area contributed by atoms with Crippen molar-refractivity contribution in [3.05, 3.63) is 35.4 Å². The molecule has 0 aliphatic carbocycles. The number of Topliss-reactive ketones (excluding diaryl/α,β-unsaturated/α-hetero) is 1. The first-order chi connectivity index (χ1) is 6.74. The maximum atomic E-state index is 11.0. The van der Waals surface area contributed by atoms with Crippen LogP contribution in [0, 0.1) is 0 Å². The quantitative estimate of drug-likeness (QED) is 0.573. The third-order valence-corrected chi connectivity index (χ3v) is 2.23. The maximum Gasteiger partial charge on any atom is 0.159 e. The number of hydrogen-bond donors (Lipinski definition) is 1. The Morgan fingerprint density at radius 1 is 1.21 bits per heavy atom. The van der Waals surface area contributed by atoms with Crippen molar-refractivity contribution in [3.8, 4) is 0 Å². The average Bonchev–Trinajstić information content (AvgIpc) is 2.19. The van der Waals surface area contributed by atoms with Gasteiger partial charge in [-0.3, -0.25) is 4.79 Å². The molecule has 0 aromatic heterocycles. The molecule has 0 unspecified atom stereocenters. The molecule has 2 nitrogen and oxygen atoms in total. The number of hydrogen-bond acceptors (Lipinski definition) is 2. The first-order valence-electron chi connectivity index (χ1n) is 4.95. The van der Waals surface area contributed by atoms with E-state index < -0.39 is 0 Å². The summed E-state index contributed by atoms with van der Waals surface area (Å²) in [5.41, 5.74) is 1.99. The van der Waals surface area contributed by atoms with Crippen molar-refractivity contribution in [2.45, 2.75) is 26.2 Å². The first kappa shape index (κ1) is 10.9. The topological polar surface area (TPSA) is 37.3 Å². The molecule has 0 spiro atoms. The van der Waals surface area contributed by atoms with E-state index in [-0.39, 0.29) is 12.4 Å². The highest BCUT2D eigenvalue weighted by Gasteiger charge is 1.98. The van der Waals surface area contributed by atoms with Crippen molar-refractivity contribution in [2.75, 3.05) is 6.61 Å². The second-order valence-corrected chi connectivity index (χ2v) is 3.43. The molecule has 0 radical (unpaired) electrons. The molecule has 0 bridgehead atoms. The van der Waals surface area contributed by atoms with E-state index in [2.05, 4.69) is 0 Å². The van der Waals surface area contributed by atoms with E-state index in [1.165, 1.54) is 5.56 Å². The Morgan fingerprint density at radius 3 is 2.36 bits per heavy atom. The Kier molecular flexibility index (Phi) is 4.33. The Labute approximate surface area is 84.6 Å². The van der Waals surface area contributed by atoms with Gasteiger partial charge in [-0.25, -0.2) is 0 Å². The van der Waals surface area contributed by atoms with Crippen LogP contribution in [0.1, 0.15) is 35.7 Å². The number of carbonyl (C=O) groups excluding carboxylic acids is 1. The third-order valence-electron chi connectivity index (χ3n) is 2.23. The van der Waals surface area contributed by atoms with Gasteiger partial charge in [0.2, 0.25) is 0 Å². The van der Waals surface area contributed by atoms with Gasteiger partial charge in [-0.15, -0.1) is 0 Å². The van der Waals surface area contributed by atoms with Gasteiger partial charge < -0.3 is 5.11 Å². The van der Waals surface area contributed by atoms with Crippen molar-refractivity contribution in [3.63, 3.8) is 0 Å². The second-order valence-electron chi connectivity index (χ2n) is 3.43. The maximum absolute atomic E-state index is 11.0. The van der Waals surface area contributed by atoms with Crippen LogP contribution in [-0.2, 0) is 6.42 Å². The minimum absolute atomic E-state index is 0.104. The summed E-state index contributed by atoms with van der Waals surface area (Å²) < 4.78 is 0. The lowest BCUT2D eigenvalue weighted by Gasteiger charge is -2.01. The van der Waals surface area contributed by atoms with Crippen LogP contribution in [0.25, 0.3) is 0 Å². The molecule has 76 valence electrons. The molecule has 0 aliphatic rings. The number of aryl methyl sites for hydroxylation is 1. The van der Waals surface area contributed by atoms with E-state index in [9.17, 15) is 4.79 Å². The average molecular weight is 192 g/mol. The zero-order valence-electron chi connectivity index (χ0n) is 8.49. The van der Waals surface area contributed by atoms with E-state index in [0.717, 1.165) is 24.8 Å². The summed E-state index contributed by atoms with van der Waals surface area (Å²) >= 11 is 0. The van der Waals surface area contributed by atoms with Crippen LogP contribution in [0.3, 0.4) is 0 Å². The number of benzene rings is 1. The normalized spacial score (nSPS) is 10.1. The first-order valence-corrected chi connectivity index (χ1v) is 4.95. The molecular weight excluding hydrogens is 176 g/mol. The van der Waals surface area contributed by atoms with Crippen LogP contribution in [0.5, 0.6) is 0 Å². The Balaban J connectivity index is 2.51. The number of ketones is 1. The predicted octanol–water partition coefficient (Wildman–Crippen LogP) is 2.20. The van der Waals surface area contributed by atoms with Gasteiger partial charge in [0.25, 0.3) is 0 Å². The number of aliphatic hydroxyl groups is 1. The third kappa shape index (κ3) is 3.30. The van der Waals surface area contributed by atoms with Crippen molar-refractivity contribution >= 4 is 5.78 Å². The summed E-state index contributed by atoms with van der Waals surface area (Å²) in [5, 5.41) is 8.62. The molecular formula is C12H16O2. The summed E-state index contributed by atoms with van der Waals surface area (Å²) in [4.78, 5) is 11.0. The van der Waals surface area contributed by atoms with Gasteiger partial charge in [-0.1, -0.05) is 24.3 Å². The lowest BCUT2D eigenvalue weighted by atomic mass is 10.0. The fourth-order valence-electron chi connectivity index (χ4n) is 1.35. The largest absolute Gasteiger partial charge is 0.396 e. The minimum atomic E-state index is 0.104. The minimum Gasteiger partial charge on any atom is -0.396 e. The number of unbranched alkanes of at least 4 members (excludes halogenated alkanes) is 1. The zero-order valence-corrected chi connectivity index (χ0v) is 8.49. The molecule has 1 aromatic carbocycles. The van der Waals surface area contributed by atoms with Gasteiger partial charge >= 0.3 is 0 Å². The van der Waals surface area contributed by atoms with Crippen LogP contribution in [0.2, 0.25) is 0 Å². The lowest BCUT2D eigenvalue weighted by Crippen LogP contribution is -1.93. The molecule has 0 heterocycles. The van der Waals surface area contributed by atoms with E-state index in [1.807, 2.05) is 24.3 Å². The summed E-state index contributed by atoms with van der Waals surface area (Å²) in [7, 11) is 0.